The largest absolute Gasteiger partial charge is 0.509 e. The Bertz CT molecular complexity index is 4230. The Kier molecular flexibility index (Phi) is 10.4. The molecular weight excluding hydrogens is 1090 g/mol. The quantitative estimate of drug-likeness (QED) is 0.135. The van der Waals surface area contributed by atoms with Crippen LogP contribution in [0.15, 0.2) is 176 Å². The summed E-state index contributed by atoms with van der Waals surface area (Å²) in [5, 5.41) is 4.37. The summed E-state index contributed by atoms with van der Waals surface area (Å²) < 4.78 is 73.7. The molecule has 8 aromatic carbocycles. The third kappa shape index (κ3) is 8.83. The Balaban J connectivity index is 0.00000675. The van der Waals surface area contributed by atoms with Crippen molar-refractivity contribution in [1.29, 1.82) is 0 Å². The van der Waals surface area contributed by atoms with Crippen LogP contribution in [0.25, 0.3) is 70.0 Å². The van der Waals surface area contributed by atoms with E-state index in [1.165, 1.54) is 10.1 Å². The second-order valence-corrected chi connectivity index (χ2v) is 22.0. The van der Waals surface area contributed by atoms with Crippen LogP contribution in [-0.4, -0.2) is 9.55 Å². The molecule has 0 N–H and O–H groups in total. The molecule has 11 aromatic rings. The van der Waals surface area contributed by atoms with Crippen molar-refractivity contribution < 1.29 is 35.4 Å². The van der Waals surface area contributed by atoms with Gasteiger partial charge in [0.2, 0.25) is 0 Å². The van der Waals surface area contributed by atoms with E-state index >= 15 is 0 Å². The van der Waals surface area contributed by atoms with Gasteiger partial charge in [-0.3, -0.25) is 0 Å². The number of hydrogen-bond acceptors (Lipinski definition) is 5. The number of fused-ring (bicyclic) bond motifs is 8. The molecule has 73 heavy (non-hydrogen) atoms. The van der Waals surface area contributed by atoms with Gasteiger partial charge in [-0.25, -0.2) is 4.98 Å². The average molecular weight is 1160 g/mol. The fourth-order valence-electron chi connectivity index (χ4n) is 9.96. The van der Waals surface area contributed by atoms with Crippen LogP contribution in [0, 0.1) is 24.7 Å². The molecule has 0 unspecified atom stereocenters. The van der Waals surface area contributed by atoms with E-state index in [0.29, 0.717) is 39.8 Å². The van der Waals surface area contributed by atoms with Crippen molar-refractivity contribution in [3.8, 4) is 39.6 Å². The third-order valence-corrected chi connectivity index (χ3v) is 14.7. The first-order chi connectivity index (χ1) is 37.6. The van der Waals surface area contributed by atoms with Gasteiger partial charge in [-0.05, 0) is 92.7 Å². The monoisotopic (exact) mass is 1160 g/mol. The van der Waals surface area contributed by atoms with E-state index in [4.69, 9.17) is 16.6 Å². The summed E-state index contributed by atoms with van der Waals surface area (Å²) in [5.74, 6) is 1.19. The molecule has 1 aliphatic heterocycles. The molecule has 1 aliphatic rings. The van der Waals surface area contributed by atoms with E-state index in [2.05, 4.69) is 130 Å². The van der Waals surface area contributed by atoms with Crippen LogP contribution in [0.5, 0.6) is 11.5 Å². The molecule has 0 amide bonds. The first-order valence-electron chi connectivity index (χ1n) is 28.0. The zero-order chi connectivity index (χ0) is 55.6. The molecule has 0 saturated heterocycles. The van der Waals surface area contributed by atoms with E-state index in [1.54, 1.807) is 23.6 Å². The van der Waals surface area contributed by atoms with Crippen LogP contribution in [0.1, 0.15) is 81.7 Å². The van der Waals surface area contributed by atoms with Gasteiger partial charge in [0.25, 0.3) is 0 Å². The number of anilines is 4. The predicted octanol–water partition coefficient (Wildman–Crippen LogP) is 18.5. The number of nitrogens with zero attached hydrogens (tertiary/aromatic N) is 4. The minimum Gasteiger partial charge on any atom is -0.509 e. The fraction of sp³-hybridized carbons (Fsp3) is 0.182. The molecule has 0 spiro atoms. The molecule has 5 nitrogen and oxygen atoms in total. The maximum atomic E-state index is 9.26. The van der Waals surface area contributed by atoms with Crippen molar-refractivity contribution in [2.75, 3.05) is 9.80 Å². The summed E-state index contributed by atoms with van der Waals surface area (Å²) in [6.45, 7) is 19.0. The smallest absolute Gasteiger partial charge is 0.135 e. The van der Waals surface area contributed by atoms with Crippen molar-refractivity contribution in [3.05, 3.63) is 211 Å². The first kappa shape index (κ1) is 40.5. The summed E-state index contributed by atoms with van der Waals surface area (Å²) in [6.07, 6.45) is 0.0843. The molecule has 3 aromatic heterocycles. The zero-order valence-electron chi connectivity index (χ0n) is 48.9. The number of para-hydroxylation sites is 3. The van der Waals surface area contributed by atoms with Crippen LogP contribution < -0.4 is 14.5 Å². The third-order valence-electron chi connectivity index (χ3n) is 13.5. The SMILES string of the molecule is [2H]c1c([2H])c([2H])c(-c2cccc(-c3cc(C(C)(C)C)cc(C(C)(C)C)c3)c2N2[CH-]N(c3[c-]c(Oc4[c-]c5c(cc4)c4c6sc7ccccc7c6ccc4n5-c4cc(C([2H])([2H])C(C)C)ccn4)ccc3)c3ccccc32)c([2H])c1[2H].[Pt]. The van der Waals surface area contributed by atoms with Gasteiger partial charge in [-0.2, -0.15) is 12.1 Å². The Labute approximate surface area is 457 Å². The van der Waals surface area contributed by atoms with E-state index in [9.17, 15) is 2.74 Å². The zero-order valence-corrected chi connectivity index (χ0v) is 45.0. The molecule has 4 heterocycles. The Morgan fingerprint density at radius 1 is 0.671 bits per heavy atom. The van der Waals surface area contributed by atoms with Crippen LogP contribution >= 0.6 is 11.3 Å². The standard InChI is InChI=1S/C66H57N4OS.Pt/c1-42(2)34-43-32-33-67-61(35-43)70-58-31-30-54-53-22-12-15-27-60(53)72-64(54)62(58)55-29-28-50(40-59(55)70)71-49-21-16-20-48(39-49)68-41-69(57-26-14-13-25-56(57)68)63-51(44-18-10-9-11-19-44)23-17-24-52(63)45-36-46(65(3,4)5)38-47(37-45)66(6,7)8;/h9-33,35-38,41-42H,34H2,1-8H3;/q-3;/i9D,10D,11D,18D,19D,34D2;. The maximum Gasteiger partial charge on any atom is 0.135 e. The van der Waals surface area contributed by atoms with Gasteiger partial charge in [0.05, 0.1) is 6.85 Å². The minimum atomic E-state index is -1.59. The Morgan fingerprint density at radius 2 is 1.34 bits per heavy atom. The number of benzene rings is 8. The van der Waals surface area contributed by atoms with Crippen LogP contribution in [0.2, 0.25) is 0 Å². The molecule has 366 valence electrons. The number of rotatable bonds is 9. The van der Waals surface area contributed by atoms with Gasteiger partial charge in [-0.15, -0.1) is 59.4 Å². The summed E-state index contributed by atoms with van der Waals surface area (Å²) in [6, 6.07) is 51.9. The van der Waals surface area contributed by atoms with Crippen LogP contribution in [-0.2, 0) is 38.3 Å². The number of aromatic nitrogens is 2. The van der Waals surface area contributed by atoms with Crippen LogP contribution in [0.4, 0.5) is 22.7 Å². The topological polar surface area (TPSA) is 33.5 Å². The van der Waals surface area contributed by atoms with Crippen molar-refractivity contribution >= 4 is 76.1 Å². The summed E-state index contributed by atoms with van der Waals surface area (Å²) >= 11 is 1.75. The summed E-state index contributed by atoms with van der Waals surface area (Å²) in [5.41, 5.74) is 9.42. The van der Waals surface area contributed by atoms with Gasteiger partial charge < -0.3 is 19.1 Å². The summed E-state index contributed by atoms with van der Waals surface area (Å²) in [7, 11) is 0. The van der Waals surface area contributed by atoms with E-state index in [1.807, 2.05) is 92.1 Å². The van der Waals surface area contributed by atoms with Crippen molar-refractivity contribution in [2.24, 2.45) is 5.92 Å². The predicted molar refractivity (Wildman–Crippen MR) is 304 cm³/mol. The molecule has 7 heteroatoms. The Hall–Kier alpha value is -6.98. The second-order valence-electron chi connectivity index (χ2n) is 20.9. The number of hydrogen-bond donors (Lipinski definition) is 0. The van der Waals surface area contributed by atoms with Crippen molar-refractivity contribution in [3.63, 3.8) is 0 Å². The number of pyridine rings is 1. The van der Waals surface area contributed by atoms with Gasteiger partial charge >= 0.3 is 0 Å². The average Bonchev–Trinajstić information content (AvgIpc) is 4.11. The molecule has 0 bridgehead atoms. The van der Waals surface area contributed by atoms with Crippen molar-refractivity contribution in [1.82, 2.24) is 9.55 Å². The Morgan fingerprint density at radius 3 is 2.08 bits per heavy atom. The second kappa shape index (κ2) is 18.8. The molecule has 0 radical (unpaired) electrons. The van der Waals surface area contributed by atoms with Gasteiger partial charge in [-0.1, -0.05) is 164 Å². The van der Waals surface area contributed by atoms with Gasteiger partial charge in [0, 0.05) is 95.4 Å². The molecular formula is C66H57N4OPtS-3. The normalized spacial score (nSPS) is 14.5. The van der Waals surface area contributed by atoms with Gasteiger partial charge in [0.1, 0.15) is 5.82 Å². The minimum absolute atomic E-state index is 0. The maximum absolute atomic E-state index is 9.26. The number of ether oxygens (including phenoxy) is 1. The molecule has 0 saturated carbocycles. The van der Waals surface area contributed by atoms with E-state index < -0.39 is 24.5 Å². The fourth-order valence-corrected chi connectivity index (χ4v) is 11.2. The molecule has 12 rings (SSSR count). The van der Waals surface area contributed by atoms with E-state index in [-0.39, 0.29) is 55.5 Å². The number of thiophene rings is 1. The van der Waals surface area contributed by atoms with E-state index in [0.717, 1.165) is 65.5 Å². The van der Waals surface area contributed by atoms with Crippen LogP contribution in [0.3, 0.4) is 0 Å². The molecule has 0 fully saturated rings. The molecule has 0 atom stereocenters. The van der Waals surface area contributed by atoms with Gasteiger partial charge in [0.15, 0.2) is 0 Å². The first-order valence-corrected chi connectivity index (χ1v) is 25.3. The van der Waals surface area contributed by atoms with Crippen molar-refractivity contribution in [2.45, 2.75) is 72.6 Å². The molecule has 0 aliphatic carbocycles. The summed E-state index contributed by atoms with van der Waals surface area (Å²) in [4.78, 5) is 8.96.